The third-order valence-corrected chi connectivity index (χ3v) is 7.77. The Kier molecular flexibility index (Phi) is 12.3. The highest BCUT2D eigenvalue weighted by Crippen LogP contribution is 2.28. The normalized spacial score (nSPS) is 16.9. The molecule has 1 amide bonds. The van der Waals surface area contributed by atoms with E-state index >= 15 is 0 Å². The Labute approximate surface area is 261 Å². The summed E-state index contributed by atoms with van der Waals surface area (Å²) in [6, 6.07) is 7.67. The number of pyridine rings is 1. The number of allylic oxidation sites excluding steroid dienone is 7. The Bertz CT molecular complexity index is 1430. The average Bonchev–Trinajstić information content (AvgIpc) is 3.29. The van der Waals surface area contributed by atoms with Crippen LogP contribution in [0.15, 0.2) is 82.9 Å². The minimum atomic E-state index is 0.0805. The lowest BCUT2D eigenvalue weighted by atomic mass is 9.97. The summed E-state index contributed by atoms with van der Waals surface area (Å²) in [6.45, 7) is 13.5. The molecule has 0 bridgehead atoms. The molecule has 2 aromatic rings. The predicted molar refractivity (Wildman–Crippen MR) is 176 cm³/mol. The molecule has 1 fully saturated rings. The van der Waals surface area contributed by atoms with E-state index in [9.17, 15) is 4.79 Å². The number of aliphatic imine (C=N–C) groups is 1. The number of amides is 1. The number of nitrogens with two attached hydrogens (primary N) is 1. The van der Waals surface area contributed by atoms with Crippen LogP contribution in [0, 0.1) is 6.92 Å². The number of rotatable bonds is 14. The highest BCUT2D eigenvalue weighted by molar-refractivity contribution is 6.16. The van der Waals surface area contributed by atoms with Crippen LogP contribution in [0.1, 0.15) is 56.2 Å². The number of anilines is 1. The minimum Gasteiger partial charge on any atom is -0.493 e. The quantitative estimate of drug-likeness (QED) is 0.163. The van der Waals surface area contributed by atoms with Gasteiger partial charge < -0.3 is 25.3 Å². The number of ether oxygens (including phenoxy) is 3. The molecule has 1 aromatic carbocycles. The van der Waals surface area contributed by atoms with E-state index in [2.05, 4.69) is 35.1 Å². The average molecular weight is 600 g/mol. The van der Waals surface area contributed by atoms with Gasteiger partial charge in [-0.15, -0.1) is 0 Å². The van der Waals surface area contributed by atoms with Crippen molar-refractivity contribution in [1.82, 2.24) is 9.88 Å². The van der Waals surface area contributed by atoms with Crippen LogP contribution in [-0.2, 0) is 9.53 Å². The van der Waals surface area contributed by atoms with Crippen LogP contribution in [-0.4, -0.2) is 68.0 Å². The van der Waals surface area contributed by atoms with E-state index in [0.717, 1.165) is 79.4 Å². The number of hydrogen-bond donors (Lipinski definition) is 2. The van der Waals surface area contributed by atoms with Crippen LogP contribution >= 0.6 is 0 Å². The molecule has 4 rings (SSSR count). The van der Waals surface area contributed by atoms with E-state index in [1.165, 1.54) is 0 Å². The molecule has 9 heteroatoms. The number of benzene rings is 1. The first-order valence-corrected chi connectivity index (χ1v) is 15.3. The summed E-state index contributed by atoms with van der Waals surface area (Å²) in [5.74, 6) is 2.19. The summed E-state index contributed by atoms with van der Waals surface area (Å²) in [4.78, 5) is 23.6. The van der Waals surface area contributed by atoms with Gasteiger partial charge in [0, 0.05) is 68.1 Å². The number of morpholine rings is 1. The summed E-state index contributed by atoms with van der Waals surface area (Å²) in [6.07, 6.45) is 14.1. The summed E-state index contributed by atoms with van der Waals surface area (Å²) in [5.41, 5.74) is 12.1. The number of aromatic nitrogens is 1. The van der Waals surface area contributed by atoms with Gasteiger partial charge in [0.2, 0.25) is 12.3 Å². The van der Waals surface area contributed by atoms with Crippen molar-refractivity contribution in [2.45, 2.75) is 46.5 Å². The molecule has 1 atom stereocenters. The second-order valence-corrected chi connectivity index (χ2v) is 11.2. The molecule has 0 radical (unpaired) electrons. The number of aryl methyl sites for hydroxylation is 1. The monoisotopic (exact) mass is 599 g/mol. The summed E-state index contributed by atoms with van der Waals surface area (Å²) >= 11 is 0. The van der Waals surface area contributed by atoms with Gasteiger partial charge in [0.25, 0.3) is 0 Å². The van der Waals surface area contributed by atoms with Gasteiger partial charge >= 0.3 is 0 Å². The van der Waals surface area contributed by atoms with E-state index < -0.39 is 0 Å². The largest absolute Gasteiger partial charge is 0.493 e. The van der Waals surface area contributed by atoms with Gasteiger partial charge in [0.1, 0.15) is 11.5 Å². The number of carbonyl (C=O) groups is 1. The molecule has 2 heterocycles. The molecule has 2 aliphatic rings. The fourth-order valence-corrected chi connectivity index (χ4v) is 5.10. The van der Waals surface area contributed by atoms with Gasteiger partial charge in [-0.1, -0.05) is 31.2 Å². The van der Waals surface area contributed by atoms with Gasteiger partial charge in [0.15, 0.2) is 0 Å². The number of carbonyl (C=O) groups excluding carboxylic acids is 1. The van der Waals surface area contributed by atoms with Gasteiger partial charge in [0.05, 0.1) is 31.2 Å². The Morgan fingerprint density at radius 3 is 2.77 bits per heavy atom. The molecule has 1 saturated heterocycles. The van der Waals surface area contributed by atoms with Crippen molar-refractivity contribution in [3.8, 4) is 11.6 Å². The Hall–Kier alpha value is -4.21. The van der Waals surface area contributed by atoms with Crippen LogP contribution in [0.2, 0.25) is 0 Å². The molecule has 0 spiro atoms. The zero-order valence-electron chi connectivity index (χ0n) is 26.3. The smallest absolute Gasteiger partial charge is 0.218 e. The van der Waals surface area contributed by atoms with Crippen molar-refractivity contribution in [3.63, 3.8) is 0 Å². The molecule has 1 unspecified atom stereocenters. The maximum atomic E-state index is 11.6. The second-order valence-electron chi connectivity index (χ2n) is 11.2. The first-order chi connectivity index (χ1) is 21.4. The van der Waals surface area contributed by atoms with Crippen molar-refractivity contribution < 1.29 is 19.0 Å². The molecule has 234 valence electrons. The molecule has 1 aliphatic heterocycles. The third kappa shape index (κ3) is 9.39. The standard InChI is InChI=1S/C35H45N5O4/c1-25-20-34(44-29-10-7-5-6-8-11-29)37-23-32(25)26(2)22-38-35(27(3)28(4)36)31-13-12-30(21-33(31)39-24-41)43-17-9-14-40-15-18-42-19-16-40/h5-8,10,12-13,20-21,23-24,26H,9,11,14-19,22,36H2,1-4H3,(H,39,41)/b28-27+,38-35?. The van der Waals surface area contributed by atoms with Gasteiger partial charge in [-0.25, -0.2) is 4.98 Å². The number of nitrogens with one attached hydrogen (secondary N) is 1. The van der Waals surface area contributed by atoms with Crippen LogP contribution in [0.4, 0.5) is 5.69 Å². The topological polar surface area (TPSA) is 111 Å². The summed E-state index contributed by atoms with van der Waals surface area (Å²) in [7, 11) is 0. The lowest BCUT2D eigenvalue weighted by Gasteiger charge is -2.26. The van der Waals surface area contributed by atoms with Gasteiger partial charge in [-0.2, -0.15) is 0 Å². The van der Waals surface area contributed by atoms with E-state index in [1.54, 1.807) is 0 Å². The molecule has 9 nitrogen and oxygen atoms in total. The maximum Gasteiger partial charge on any atom is 0.218 e. The zero-order chi connectivity index (χ0) is 31.3. The summed E-state index contributed by atoms with van der Waals surface area (Å²) < 4.78 is 17.5. The highest BCUT2D eigenvalue weighted by atomic mass is 16.5. The summed E-state index contributed by atoms with van der Waals surface area (Å²) in [5, 5.41) is 2.84. The maximum absolute atomic E-state index is 11.6. The molecule has 1 aromatic heterocycles. The van der Waals surface area contributed by atoms with Crippen molar-refractivity contribution >= 4 is 17.8 Å². The lowest BCUT2D eigenvalue weighted by molar-refractivity contribution is -0.105. The number of hydrogen-bond acceptors (Lipinski definition) is 8. The van der Waals surface area contributed by atoms with Crippen LogP contribution in [0.5, 0.6) is 11.6 Å². The molecule has 1 aliphatic carbocycles. The van der Waals surface area contributed by atoms with E-state index in [-0.39, 0.29) is 5.92 Å². The van der Waals surface area contributed by atoms with Crippen molar-refractivity contribution in [3.05, 3.63) is 94.6 Å². The number of nitrogens with zero attached hydrogens (tertiary/aromatic N) is 3. The van der Waals surface area contributed by atoms with Crippen molar-refractivity contribution in [1.29, 1.82) is 0 Å². The highest BCUT2D eigenvalue weighted by Gasteiger charge is 2.17. The minimum absolute atomic E-state index is 0.0805. The van der Waals surface area contributed by atoms with Crippen LogP contribution < -0.4 is 20.5 Å². The first kappa shape index (κ1) is 32.7. The third-order valence-electron chi connectivity index (χ3n) is 7.77. The molecule has 0 saturated carbocycles. The Balaban J connectivity index is 1.48. The van der Waals surface area contributed by atoms with E-state index in [0.29, 0.717) is 42.6 Å². The molecular formula is C35H45N5O4. The fraction of sp³-hybridized carbons (Fsp3) is 0.400. The van der Waals surface area contributed by atoms with Gasteiger partial charge in [-0.05, 0) is 62.1 Å². The first-order valence-electron chi connectivity index (χ1n) is 15.3. The molecular weight excluding hydrogens is 554 g/mol. The second kappa shape index (κ2) is 16.6. The Morgan fingerprint density at radius 2 is 2.02 bits per heavy atom. The van der Waals surface area contributed by atoms with Crippen molar-refractivity contribution in [2.24, 2.45) is 10.7 Å². The zero-order valence-corrected chi connectivity index (χ0v) is 26.3. The van der Waals surface area contributed by atoms with Crippen LogP contribution in [0.25, 0.3) is 0 Å². The van der Waals surface area contributed by atoms with Gasteiger partial charge in [-0.3, -0.25) is 14.7 Å². The Morgan fingerprint density at radius 1 is 1.20 bits per heavy atom. The van der Waals surface area contributed by atoms with E-state index in [4.69, 9.17) is 24.9 Å². The fourth-order valence-electron chi connectivity index (χ4n) is 5.10. The van der Waals surface area contributed by atoms with Crippen LogP contribution in [0.3, 0.4) is 0 Å². The van der Waals surface area contributed by atoms with Crippen molar-refractivity contribution in [2.75, 3.05) is 51.3 Å². The SMILES string of the molecule is C/C(N)=C(/C)C(=NCC(C)c1cnc(OC2=CC=CC=CC2)cc1C)c1ccc(OCCCN2CCOCC2)cc1NC=O. The van der Waals surface area contributed by atoms with E-state index in [1.807, 2.05) is 68.6 Å². The predicted octanol–water partition coefficient (Wildman–Crippen LogP) is 5.68. The molecule has 3 N–H and O–H groups in total. The lowest BCUT2D eigenvalue weighted by Crippen LogP contribution is -2.37. The molecule has 44 heavy (non-hydrogen) atoms.